The molecule has 0 aromatic heterocycles. The molecule has 8 heteroatoms. The van der Waals surface area contributed by atoms with Crippen molar-refractivity contribution in [2.75, 3.05) is 25.7 Å². The summed E-state index contributed by atoms with van der Waals surface area (Å²) in [5.41, 5.74) is 1.89. The molecular formula is C19H24N2O4S2. The van der Waals surface area contributed by atoms with Crippen LogP contribution in [-0.4, -0.2) is 39.0 Å². The molecule has 0 bridgehead atoms. The number of nitrogens with zero attached hydrogens (tertiary/aromatic N) is 1. The van der Waals surface area contributed by atoms with Crippen molar-refractivity contribution >= 4 is 33.4 Å². The molecule has 1 N–H and O–H groups in total. The minimum atomic E-state index is -3.73. The van der Waals surface area contributed by atoms with Crippen LogP contribution in [0.15, 0.2) is 46.2 Å². The zero-order valence-corrected chi connectivity index (χ0v) is 17.7. The monoisotopic (exact) mass is 408 g/mol. The van der Waals surface area contributed by atoms with Gasteiger partial charge in [0.25, 0.3) is 0 Å². The fourth-order valence-electron chi connectivity index (χ4n) is 2.65. The number of carbonyl (C=O) groups excluding carboxylic acids is 1. The van der Waals surface area contributed by atoms with Gasteiger partial charge >= 0.3 is 0 Å². The van der Waals surface area contributed by atoms with E-state index >= 15 is 0 Å². The molecule has 2 aromatic carbocycles. The Labute approximate surface area is 165 Å². The molecule has 0 saturated carbocycles. The van der Waals surface area contributed by atoms with Crippen molar-refractivity contribution in [2.24, 2.45) is 0 Å². The summed E-state index contributed by atoms with van der Waals surface area (Å²) in [5, 5.41) is 2.62. The Kier molecular flexibility index (Phi) is 6.91. The predicted molar refractivity (Wildman–Crippen MR) is 109 cm³/mol. The first-order valence-corrected chi connectivity index (χ1v) is 10.9. The number of anilines is 1. The van der Waals surface area contributed by atoms with Crippen molar-refractivity contribution in [1.29, 1.82) is 0 Å². The summed E-state index contributed by atoms with van der Waals surface area (Å²) >= 11 is 1.57. The standard InChI is InChI=1S/C19H24N2O4S2/c1-13-6-8-16(20-14(2)22)11-19(13)27(23,24)21(3)12-15-7-9-18(26-5)17(10-15)25-4/h6-11H,12H2,1-5H3,(H,20,22). The number of aryl methyl sites for hydroxylation is 1. The van der Waals surface area contributed by atoms with Gasteiger partial charge in [0, 0.05) is 31.1 Å². The summed E-state index contributed by atoms with van der Waals surface area (Å²) in [5.74, 6) is 0.464. The van der Waals surface area contributed by atoms with Gasteiger partial charge in [0.2, 0.25) is 15.9 Å². The topological polar surface area (TPSA) is 75.7 Å². The minimum absolute atomic E-state index is 0.170. The minimum Gasteiger partial charge on any atom is -0.496 e. The van der Waals surface area contributed by atoms with Gasteiger partial charge in [-0.1, -0.05) is 12.1 Å². The first-order chi connectivity index (χ1) is 12.7. The van der Waals surface area contributed by atoms with Crippen molar-refractivity contribution in [1.82, 2.24) is 4.31 Å². The van der Waals surface area contributed by atoms with E-state index in [1.54, 1.807) is 37.9 Å². The van der Waals surface area contributed by atoms with E-state index in [4.69, 9.17) is 4.74 Å². The Bertz CT molecular complexity index is 943. The molecule has 0 aliphatic carbocycles. The van der Waals surface area contributed by atoms with Crippen LogP contribution in [0.4, 0.5) is 5.69 Å². The molecule has 1 amide bonds. The molecule has 0 aliphatic rings. The smallest absolute Gasteiger partial charge is 0.243 e. The third-order valence-electron chi connectivity index (χ3n) is 4.05. The summed E-state index contributed by atoms with van der Waals surface area (Å²) in [6.45, 7) is 3.32. The number of hydrogen-bond donors (Lipinski definition) is 1. The number of thioether (sulfide) groups is 1. The molecule has 0 heterocycles. The zero-order valence-electron chi connectivity index (χ0n) is 16.1. The van der Waals surface area contributed by atoms with E-state index in [2.05, 4.69) is 5.32 Å². The summed E-state index contributed by atoms with van der Waals surface area (Å²) < 4.78 is 32.8. The summed E-state index contributed by atoms with van der Waals surface area (Å²) in [6.07, 6.45) is 1.96. The zero-order chi connectivity index (χ0) is 20.2. The van der Waals surface area contributed by atoms with Crippen LogP contribution >= 0.6 is 11.8 Å². The lowest BCUT2D eigenvalue weighted by Gasteiger charge is -2.20. The Morgan fingerprint density at radius 1 is 1.22 bits per heavy atom. The molecular weight excluding hydrogens is 384 g/mol. The number of nitrogens with one attached hydrogen (secondary N) is 1. The van der Waals surface area contributed by atoms with Gasteiger partial charge in [0.05, 0.1) is 12.0 Å². The molecule has 146 valence electrons. The number of ether oxygens (including phenoxy) is 1. The molecule has 0 aliphatic heterocycles. The number of rotatable bonds is 7. The van der Waals surface area contributed by atoms with Crippen LogP contribution in [0.5, 0.6) is 5.75 Å². The van der Waals surface area contributed by atoms with E-state index in [1.807, 2.05) is 24.5 Å². The van der Waals surface area contributed by atoms with Crippen LogP contribution in [-0.2, 0) is 21.4 Å². The lowest BCUT2D eigenvalue weighted by atomic mass is 10.2. The Morgan fingerprint density at radius 3 is 2.52 bits per heavy atom. The van der Waals surface area contributed by atoms with E-state index in [1.165, 1.54) is 24.3 Å². The second-order valence-electron chi connectivity index (χ2n) is 6.11. The van der Waals surface area contributed by atoms with Crippen molar-refractivity contribution < 1.29 is 17.9 Å². The van der Waals surface area contributed by atoms with Crippen molar-refractivity contribution in [2.45, 2.75) is 30.2 Å². The number of amides is 1. The van der Waals surface area contributed by atoms with Crippen molar-refractivity contribution in [3.8, 4) is 5.75 Å². The largest absolute Gasteiger partial charge is 0.496 e. The van der Waals surface area contributed by atoms with Crippen molar-refractivity contribution in [3.05, 3.63) is 47.5 Å². The number of benzene rings is 2. The number of carbonyl (C=O) groups is 1. The molecule has 0 saturated heterocycles. The van der Waals surface area contributed by atoms with Crippen LogP contribution in [0.25, 0.3) is 0 Å². The van der Waals surface area contributed by atoms with E-state index < -0.39 is 10.0 Å². The lowest BCUT2D eigenvalue weighted by molar-refractivity contribution is -0.114. The quantitative estimate of drug-likeness (QED) is 0.710. The van der Waals surface area contributed by atoms with Gasteiger partial charge in [-0.3, -0.25) is 4.79 Å². The maximum absolute atomic E-state index is 13.1. The molecule has 0 radical (unpaired) electrons. The van der Waals surface area contributed by atoms with E-state index in [9.17, 15) is 13.2 Å². The maximum Gasteiger partial charge on any atom is 0.243 e. The van der Waals surface area contributed by atoms with Crippen LogP contribution in [0, 0.1) is 6.92 Å². The van der Waals surface area contributed by atoms with Gasteiger partial charge in [0.15, 0.2) is 0 Å². The highest BCUT2D eigenvalue weighted by Crippen LogP contribution is 2.30. The van der Waals surface area contributed by atoms with Crippen LogP contribution in [0.1, 0.15) is 18.1 Å². The average molecular weight is 409 g/mol. The highest BCUT2D eigenvalue weighted by Gasteiger charge is 2.24. The first kappa shape index (κ1) is 21.3. The molecule has 0 atom stereocenters. The highest BCUT2D eigenvalue weighted by molar-refractivity contribution is 7.98. The Hall–Kier alpha value is -2.03. The molecule has 0 fully saturated rings. The van der Waals surface area contributed by atoms with E-state index in [-0.39, 0.29) is 17.3 Å². The molecule has 2 rings (SSSR count). The second kappa shape index (κ2) is 8.77. The van der Waals surface area contributed by atoms with Crippen LogP contribution < -0.4 is 10.1 Å². The fourth-order valence-corrected chi connectivity index (χ4v) is 4.60. The van der Waals surface area contributed by atoms with Gasteiger partial charge in [-0.15, -0.1) is 11.8 Å². The Morgan fingerprint density at radius 2 is 1.93 bits per heavy atom. The normalized spacial score (nSPS) is 11.5. The predicted octanol–water partition coefficient (Wildman–Crippen LogP) is 3.50. The molecule has 2 aromatic rings. The summed E-state index contributed by atoms with van der Waals surface area (Å²) in [6, 6.07) is 10.5. The molecule has 6 nitrogen and oxygen atoms in total. The van der Waals surface area contributed by atoms with Gasteiger partial charge in [-0.2, -0.15) is 4.31 Å². The number of sulfonamides is 1. The summed E-state index contributed by atoms with van der Waals surface area (Å²) in [7, 11) is -0.595. The van der Waals surface area contributed by atoms with Gasteiger partial charge in [0.1, 0.15) is 5.75 Å². The Balaban J connectivity index is 2.32. The first-order valence-electron chi connectivity index (χ1n) is 8.24. The van der Waals surface area contributed by atoms with Gasteiger partial charge in [-0.25, -0.2) is 8.42 Å². The third-order valence-corrected chi connectivity index (χ3v) is 6.77. The van der Waals surface area contributed by atoms with Gasteiger partial charge in [-0.05, 0) is 48.6 Å². The maximum atomic E-state index is 13.1. The molecule has 0 unspecified atom stereocenters. The third kappa shape index (κ3) is 5.03. The van der Waals surface area contributed by atoms with Crippen LogP contribution in [0.2, 0.25) is 0 Å². The van der Waals surface area contributed by atoms with Gasteiger partial charge < -0.3 is 10.1 Å². The molecule has 27 heavy (non-hydrogen) atoms. The SMILES string of the molecule is COc1cc(CN(C)S(=O)(=O)c2cc(NC(C)=O)ccc2C)ccc1SC. The highest BCUT2D eigenvalue weighted by atomic mass is 32.2. The van der Waals surface area contributed by atoms with E-state index in [0.29, 0.717) is 11.3 Å². The average Bonchev–Trinajstić information content (AvgIpc) is 2.62. The summed E-state index contributed by atoms with van der Waals surface area (Å²) in [4.78, 5) is 12.4. The number of methoxy groups -OCH3 is 1. The van der Waals surface area contributed by atoms with E-state index in [0.717, 1.165) is 16.2 Å². The second-order valence-corrected chi connectivity index (χ2v) is 8.97. The fraction of sp³-hybridized carbons (Fsp3) is 0.316. The van der Waals surface area contributed by atoms with Crippen LogP contribution in [0.3, 0.4) is 0 Å². The molecule has 0 spiro atoms. The lowest BCUT2D eigenvalue weighted by Crippen LogP contribution is -2.27. The van der Waals surface area contributed by atoms with Crippen molar-refractivity contribution in [3.63, 3.8) is 0 Å². The number of hydrogen-bond acceptors (Lipinski definition) is 5.